The highest BCUT2D eigenvalue weighted by Crippen LogP contribution is 2.70. The van der Waals surface area contributed by atoms with Gasteiger partial charge in [0.25, 0.3) is 0 Å². The van der Waals surface area contributed by atoms with E-state index in [4.69, 9.17) is 4.43 Å². The summed E-state index contributed by atoms with van der Waals surface area (Å²) < 4.78 is 6.39. The second-order valence-corrected chi connectivity index (χ2v) is 12.1. The van der Waals surface area contributed by atoms with Crippen LogP contribution in [-0.4, -0.2) is 13.9 Å². The first-order chi connectivity index (χ1) is 7.58. The maximum Gasteiger partial charge on any atom is 0.185 e. The number of hydrogen-bond donors (Lipinski definition) is 0. The first-order valence-electron chi connectivity index (χ1n) is 6.69. The third kappa shape index (κ3) is 1.53. The summed E-state index contributed by atoms with van der Waals surface area (Å²) in [5.41, 5.74) is -0.258. The molecule has 0 heterocycles. The average Bonchev–Trinajstić information content (AvgIpc) is 2.47. The van der Waals surface area contributed by atoms with Crippen molar-refractivity contribution in [3.8, 4) is 6.07 Å². The molecule has 2 fully saturated rings. The first kappa shape index (κ1) is 13.1. The molecule has 0 aliphatic heterocycles. The zero-order valence-corrected chi connectivity index (χ0v) is 13.1. The highest BCUT2D eigenvalue weighted by atomic mass is 28.4. The molecule has 96 valence electrons. The molecular formula is C14H25NOSi. The number of nitriles is 1. The molecule has 0 aromatic carbocycles. The lowest BCUT2D eigenvalue weighted by molar-refractivity contribution is -0.0306. The van der Waals surface area contributed by atoms with Crippen LogP contribution < -0.4 is 0 Å². The van der Waals surface area contributed by atoms with Gasteiger partial charge in [0.15, 0.2) is 8.32 Å². The highest BCUT2D eigenvalue weighted by molar-refractivity contribution is 6.69. The fourth-order valence-electron chi connectivity index (χ4n) is 4.12. The summed E-state index contributed by atoms with van der Waals surface area (Å²) in [6, 6.07) is 2.57. The molecule has 0 spiro atoms. The van der Waals surface area contributed by atoms with E-state index in [2.05, 4.69) is 46.5 Å². The number of nitrogens with zero attached hydrogens (tertiary/aromatic N) is 1. The molecule has 0 aromatic heterocycles. The maximum atomic E-state index is 9.75. The summed E-state index contributed by atoms with van der Waals surface area (Å²) in [4.78, 5) is 0. The largest absolute Gasteiger partial charge is 0.399 e. The van der Waals surface area contributed by atoms with Gasteiger partial charge in [0.2, 0.25) is 0 Å². The van der Waals surface area contributed by atoms with E-state index in [1.165, 1.54) is 6.42 Å². The Kier molecular flexibility index (Phi) is 2.59. The van der Waals surface area contributed by atoms with Crippen LogP contribution in [0, 0.1) is 28.1 Å². The molecule has 2 bridgehead atoms. The molecule has 0 amide bonds. The molecule has 17 heavy (non-hydrogen) atoms. The van der Waals surface area contributed by atoms with Gasteiger partial charge in [0, 0.05) is 5.41 Å². The third-order valence-electron chi connectivity index (χ3n) is 5.52. The van der Waals surface area contributed by atoms with Crippen molar-refractivity contribution in [3.05, 3.63) is 0 Å². The van der Waals surface area contributed by atoms with Gasteiger partial charge < -0.3 is 4.43 Å². The van der Waals surface area contributed by atoms with Crippen molar-refractivity contribution in [2.24, 2.45) is 16.7 Å². The van der Waals surface area contributed by atoms with Gasteiger partial charge >= 0.3 is 0 Å². The molecule has 2 saturated carbocycles. The fourth-order valence-corrected chi connectivity index (χ4v) is 5.52. The predicted octanol–water partition coefficient (Wildman–Crippen LogP) is 3.95. The average molecular weight is 251 g/mol. The summed E-state index contributed by atoms with van der Waals surface area (Å²) in [7, 11) is -1.69. The third-order valence-corrected chi connectivity index (χ3v) is 6.48. The summed E-state index contributed by atoms with van der Waals surface area (Å²) in [6.07, 6.45) is 3.35. The van der Waals surface area contributed by atoms with Gasteiger partial charge in [-0.2, -0.15) is 5.26 Å². The highest BCUT2D eigenvalue weighted by Gasteiger charge is 2.70. The molecule has 3 atom stereocenters. The minimum atomic E-state index is -1.69. The van der Waals surface area contributed by atoms with Crippen LogP contribution in [0.5, 0.6) is 0 Å². The van der Waals surface area contributed by atoms with Gasteiger partial charge in [-0.15, -0.1) is 0 Å². The minimum Gasteiger partial charge on any atom is -0.399 e. The van der Waals surface area contributed by atoms with Crippen LogP contribution in [0.2, 0.25) is 19.6 Å². The fraction of sp³-hybridized carbons (Fsp3) is 0.929. The monoisotopic (exact) mass is 251 g/mol. The van der Waals surface area contributed by atoms with E-state index in [-0.39, 0.29) is 10.8 Å². The Morgan fingerprint density at radius 1 is 1.24 bits per heavy atom. The summed E-state index contributed by atoms with van der Waals surface area (Å²) >= 11 is 0. The Labute approximate surface area is 106 Å². The normalized spacial score (nSPS) is 43.7. The smallest absolute Gasteiger partial charge is 0.185 e. The van der Waals surface area contributed by atoms with E-state index in [0.29, 0.717) is 5.92 Å². The molecular weight excluding hydrogens is 226 g/mol. The summed E-state index contributed by atoms with van der Waals surface area (Å²) in [6.45, 7) is 13.5. The number of rotatable bonds is 2. The molecule has 0 saturated heterocycles. The zero-order chi connectivity index (χ0) is 13.1. The van der Waals surface area contributed by atoms with Crippen molar-refractivity contribution in [1.29, 1.82) is 5.26 Å². The molecule has 0 radical (unpaired) electrons. The molecule has 2 aliphatic rings. The maximum absolute atomic E-state index is 9.75. The van der Waals surface area contributed by atoms with E-state index >= 15 is 0 Å². The van der Waals surface area contributed by atoms with Crippen molar-refractivity contribution in [1.82, 2.24) is 0 Å². The van der Waals surface area contributed by atoms with Crippen LogP contribution in [0.15, 0.2) is 0 Å². The minimum absolute atomic E-state index is 0.0275. The van der Waals surface area contributed by atoms with E-state index in [9.17, 15) is 5.26 Å². The van der Waals surface area contributed by atoms with Crippen molar-refractivity contribution in [2.45, 2.75) is 65.3 Å². The Hall–Kier alpha value is -0.333. The molecule has 2 rings (SSSR count). The van der Waals surface area contributed by atoms with Crippen LogP contribution in [0.4, 0.5) is 0 Å². The van der Waals surface area contributed by atoms with Crippen LogP contribution in [0.25, 0.3) is 0 Å². The van der Waals surface area contributed by atoms with Gasteiger partial charge in [-0.25, -0.2) is 0 Å². The van der Waals surface area contributed by atoms with E-state index in [1.54, 1.807) is 0 Å². The van der Waals surface area contributed by atoms with Crippen LogP contribution in [-0.2, 0) is 4.43 Å². The summed E-state index contributed by atoms with van der Waals surface area (Å²) in [5, 5.41) is 9.75. The standard InChI is InChI=1S/C14H25NOSi/c1-12(2)11-7-8-13(12,3)14(9-11,10-15)16-17(4,5)6/h11H,7-9H2,1-6H3. The van der Waals surface area contributed by atoms with Crippen molar-refractivity contribution >= 4 is 8.32 Å². The molecule has 0 N–H and O–H groups in total. The second kappa shape index (κ2) is 3.36. The van der Waals surface area contributed by atoms with Gasteiger partial charge in [-0.05, 0) is 50.2 Å². The zero-order valence-electron chi connectivity index (χ0n) is 12.1. The second-order valence-electron chi connectivity index (χ2n) is 7.65. The molecule has 2 nitrogen and oxygen atoms in total. The Bertz CT molecular complexity index is 379. The molecule has 0 aromatic rings. The van der Waals surface area contributed by atoms with Gasteiger partial charge in [0.1, 0.15) is 5.60 Å². The lowest BCUT2D eigenvalue weighted by Crippen LogP contribution is -2.53. The van der Waals surface area contributed by atoms with Gasteiger partial charge in [-0.3, -0.25) is 0 Å². The molecule has 3 heteroatoms. The lowest BCUT2D eigenvalue weighted by atomic mass is 9.65. The Balaban J connectivity index is 2.43. The number of hydrogen-bond acceptors (Lipinski definition) is 2. The van der Waals surface area contributed by atoms with Crippen LogP contribution in [0.1, 0.15) is 40.0 Å². The topological polar surface area (TPSA) is 33.0 Å². The molecule has 3 unspecified atom stereocenters. The summed E-state index contributed by atoms with van der Waals surface area (Å²) in [5.74, 6) is 0.656. The molecule has 2 aliphatic carbocycles. The van der Waals surface area contributed by atoms with Crippen molar-refractivity contribution in [3.63, 3.8) is 0 Å². The first-order valence-corrected chi connectivity index (χ1v) is 10.1. The van der Waals surface area contributed by atoms with Crippen LogP contribution >= 0.6 is 0 Å². The lowest BCUT2D eigenvalue weighted by Gasteiger charge is -2.46. The van der Waals surface area contributed by atoms with Crippen molar-refractivity contribution < 1.29 is 4.43 Å². The van der Waals surface area contributed by atoms with E-state index in [0.717, 1.165) is 12.8 Å². The van der Waals surface area contributed by atoms with E-state index in [1.807, 2.05) is 0 Å². The van der Waals surface area contributed by atoms with Gasteiger partial charge in [0.05, 0.1) is 6.07 Å². The van der Waals surface area contributed by atoms with Crippen LogP contribution in [0.3, 0.4) is 0 Å². The quantitative estimate of drug-likeness (QED) is 0.696. The SMILES string of the molecule is CC1(C)C2CCC1(C)C(C#N)(O[Si](C)(C)C)C2. The number of fused-ring (bicyclic) bond motifs is 2. The Morgan fingerprint density at radius 2 is 1.82 bits per heavy atom. The predicted molar refractivity (Wildman–Crippen MR) is 72.0 cm³/mol. The van der Waals surface area contributed by atoms with Gasteiger partial charge in [-0.1, -0.05) is 20.8 Å². The Morgan fingerprint density at radius 3 is 2.12 bits per heavy atom. The van der Waals surface area contributed by atoms with Crippen molar-refractivity contribution in [2.75, 3.05) is 0 Å². The van der Waals surface area contributed by atoms with E-state index < -0.39 is 13.9 Å².